The summed E-state index contributed by atoms with van der Waals surface area (Å²) >= 11 is 2.80. The number of nitrogens with one attached hydrogen (secondary N) is 1. The Kier molecular flexibility index (Phi) is 8.25. The summed E-state index contributed by atoms with van der Waals surface area (Å²) in [6.45, 7) is 10.1. The first-order chi connectivity index (χ1) is 17.0. The molecule has 0 spiro atoms. The van der Waals surface area contributed by atoms with Crippen LogP contribution >= 0.6 is 15.9 Å². The molecule has 0 saturated carbocycles. The van der Waals surface area contributed by atoms with E-state index >= 15 is 0 Å². The highest BCUT2D eigenvalue weighted by atomic mass is 79.9. The van der Waals surface area contributed by atoms with Crippen LogP contribution in [0.4, 0.5) is 33.9 Å². The van der Waals surface area contributed by atoms with Crippen LogP contribution in [0.15, 0.2) is 34.9 Å². The highest BCUT2D eigenvalue weighted by Gasteiger charge is 2.35. The maximum absolute atomic E-state index is 14.3. The lowest BCUT2D eigenvalue weighted by Gasteiger charge is -2.44. The van der Waals surface area contributed by atoms with Crippen LogP contribution in [0.5, 0.6) is 5.75 Å². The van der Waals surface area contributed by atoms with Gasteiger partial charge in [-0.2, -0.15) is 0 Å². The monoisotopic (exact) mass is 590 g/mol. The third-order valence-electron chi connectivity index (χ3n) is 5.41. The topological polar surface area (TPSA) is 84.0 Å². The fourth-order valence-electron chi connectivity index (χ4n) is 3.73. The first kappa shape index (κ1) is 28.5. The van der Waals surface area contributed by atoms with Crippen LogP contribution in [0.3, 0.4) is 0 Å². The Balaban J connectivity index is 1.70. The normalized spacial score (nSPS) is 18.4. The summed E-state index contributed by atoms with van der Waals surface area (Å²) in [5, 5.41) is 2.24. The summed E-state index contributed by atoms with van der Waals surface area (Å²) in [5.74, 6) is -1.86. The van der Waals surface area contributed by atoms with E-state index in [1.54, 1.807) is 31.7 Å². The van der Waals surface area contributed by atoms with E-state index in [1.165, 1.54) is 12.3 Å². The number of carbonyl (C=O) groups is 2. The van der Waals surface area contributed by atoms with Gasteiger partial charge in [-0.25, -0.2) is 14.2 Å². The van der Waals surface area contributed by atoms with Crippen molar-refractivity contribution in [1.29, 1.82) is 0 Å². The Morgan fingerprint density at radius 3 is 2.35 bits per heavy atom. The number of pyridine rings is 1. The van der Waals surface area contributed by atoms with Gasteiger partial charge in [-0.05, 0) is 68.7 Å². The van der Waals surface area contributed by atoms with Gasteiger partial charge in [0, 0.05) is 37.4 Å². The summed E-state index contributed by atoms with van der Waals surface area (Å²) in [6.07, 6.45) is -4.10. The van der Waals surface area contributed by atoms with E-state index in [0.29, 0.717) is 18.9 Å². The van der Waals surface area contributed by atoms with Crippen molar-refractivity contribution in [2.45, 2.75) is 58.7 Å². The predicted molar refractivity (Wildman–Crippen MR) is 132 cm³/mol. The van der Waals surface area contributed by atoms with Crippen LogP contribution in [0.2, 0.25) is 0 Å². The van der Waals surface area contributed by atoms with Gasteiger partial charge in [0.1, 0.15) is 23.0 Å². The average Bonchev–Trinajstić information content (AvgIpc) is 2.76. The molecule has 0 radical (unpaired) electrons. The molecule has 0 bridgehead atoms. The van der Waals surface area contributed by atoms with Crippen LogP contribution in [0.1, 0.15) is 45.0 Å². The lowest BCUT2D eigenvalue weighted by atomic mass is 10.1. The van der Waals surface area contributed by atoms with Gasteiger partial charge < -0.3 is 24.6 Å². The number of aromatic nitrogens is 1. The first-order valence-electron chi connectivity index (χ1n) is 11.3. The Bertz CT molecular complexity index is 1160. The predicted octanol–water partition coefficient (Wildman–Crippen LogP) is 5.97. The molecular weight excluding hydrogens is 564 g/mol. The highest BCUT2D eigenvalue weighted by molar-refractivity contribution is 9.10. The van der Waals surface area contributed by atoms with Crippen LogP contribution in [-0.4, -0.2) is 59.0 Å². The van der Waals surface area contributed by atoms with Crippen molar-refractivity contribution >= 4 is 39.4 Å². The van der Waals surface area contributed by atoms with Gasteiger partial charge in [0.15, 0.2) is 0 Å². The van der Waals surface area contributed by atoms with Crippen LogP contribution in [0, 0.1) is 5.82 Å². The van der Waals surface area contributed by atoms with Gasteiger partial charge in [0.25, 0.3) is 5.91 Å². The molecule has 1 fully saturated rings. The number of piperazine rings is 1. The van der Waals surface area contributed by atoms with Gasteiger partial charge >= 0.3 is 12.5 Å². The van der Waals surface area contributed by atoms with Crippen LogP contribution < -0.4 is 15.0 Å². The van der Waals surface area contributed by atoms with Gasteiger partial charge in [-0.15, -0.1) is 13.2 Å². The third-order valence-corrected chi connectivity index (χ3v) is 6.03. The minimum Gasteiger partial charge on any atom is -0.444 e. The smallest absolute Gasteiger partial charge is 0.444 e. The first-order valence-corrected chi connectivity index (χ1v) is 12.1. The van der Waals surface area contributed by atoms with Gasteiger partial charge in [-0.1, -0.05) is 0 Å². The number of halogens is 5. The van der Waals surface area contributed by atoms with Gasteiger partial charge in [-0.3, -0.25) is 4.79 Å². The number of hydrogen-bond acceptors (Lipinski definition) is 6. The molecule has 0 aliphatic carbocycles. The van der Waals surface area contributed by atoms with Crippen LogP contribution in [0.25, 0.3) is 0 Å². The molecule has 13 heteroatoms. The zero-order valence-electron chi connectivity index (χ0n) is 20.8. The number of ether oxygens (including phenoxy) is 2. The van der Waals surface area contributed by atoms with Crippen molar-refractivity contribution in [2.24, 2.45) is 0 Å². The van der Waals surface area contributed by atoms with Crippen molar-refractivity contribution in [3.63, 3.8) is 0 Å². The Morgan fingerprint density at radius 1 is 1.11 bits per heavy atom. The van der Waals surface area contributed by atoms with Crippen LogP contribution in [-0.2, 0) is 4.74 Å². The second kappa shape index (κ2) is 10.7. The molecule has 2 aromatic rings. The molecule has 3 rings (SSSR count). The number of nitrogens with zero attached hydrogens (tertiary/aromatic N) is 3. The minimum atomic E-state index is -4.99. The van der Waals surface area contributed by atoms with Crippen molar-refractivity contribution in [3.05, 3.63) is 46.3 Å². The molecule has 202 valence electrons. The summed E-state index contributed by atoms with van der Waals surface area (Å²) < 4.78 is 61.1. The number of anilines is 2. The number of alkyl halides is 3. The third kappa shape index (κ3) is 7.46. The van der Waals surface area contributed by atoms with E-state index < -0.39 is 41.2 Å². The standard InChI is InChI=1S/C24H27BrF4N4O4/c1-13-12-33(22(35)37-23(3,4)5)14(2)11-32(13)20-7-6-15(10-30-20)21(34)31-18-9-19(36-24(27,28)29)16(25)8-17(18)26/h6-10,13-14H,11-12H2,1-5H3,(H,31,34)/t13-,14-/m1/s1. The summed E-state index contributed by atoms with van der Waals surface area (Å²) in [5.41, 5.74) is -1.03. The molecule has 1 N–H and O–H groups in total. The van der Waals surface area contributed by atoms with E-state index in [0.717, 1.165) is 12.1 Å². The molecule has 1 aliphatic rings. The molecular formula is C24H27BrF4N4O4. The Morgan fingerprint density at radius 2 is 1.78 bits per heavy atom. The van der Waals surface area contributed by atoms with E-state index in [-0.39, 0.29) is 22.1 Å². The second-order valence-corrected chi connectivity index (χ2v) is 10.5. The summed E-state index contributed by atoms with van der Waals surface area (Å²) in [6, 6.07) is 4.32. The number of amides is 2. The van der Waals surface area contributed by atoms with Crippen molar-refractivity contribution in [1.82, 2.24) is 9.88 Å². The molecule has 1 aliphatic heterocycles. The molecule has 37 heavy (non-hydrogen) atoms. The van der Waals surface area contributed by atoms with Gasteiger partial charge in [0.2, 0.25) is 0 Å². The van der Waals surface area contributed by atoms with Crippen molar-refractivity contribution in [2.75, 3.05) is 23.3 Å². The maximum Gasteiger partial charge on any atom is 0.573 e. The lowest BCUT2D eigenvalue weighted by Crippen LogP contribution is -2.59. The Labute approximate surface area is 220 Å². The van der Waals surface area contributed by atoms with E-state index in [2.05, 4.69) is 31.0 Å². The van der Waals surface area contributed by atoms with Crippen molar-refractivity contribution < 1.29 is 36.6 Å². The molecule has 2 heterocycles. The molecule has 2 atom stereocenters. The maximum atomic E-state index is 14.3. The number of hydrogen-bond donors (Lipinski definition) is 1. The zero-order valence-corrected chi connectivity index (χ0v) is 22.4. The number of carbonyl (C=O) groups excluding carboxylic acids is 2. The SMILES string of the molecule is C[C@@H]1CN(c2ccc(C(=O)Nc3cc(OC(F)(F)F)c(Br)cc3F)cn2)[C@H](C)CN1C(=O)OC(C)(C)C. The highest BCUT2D eigenvalue weighted by Crippen LogP contribution is 2.35. The van der Waals surface area contributed by atoms with E-state index in [1.807, 2.05) is 18.7 Å². The summed E-state index contributed by atoms with van der Waals surface area (Å²) in [4.78, 5) is 33.2. The molecule has 8 nitrogen and oxygen atoms in total. The molecule has 0 unspecified atom stereocenters. The second-order valence-electron chi connectivity index (χ2n) is 9.65. The Hall–Kier alpha value is -3.09. The average molecular weight is 591 g/mol. The number of benzene rings is 1. The number of rotatable bonds is 4. The largest absolute Gasteiger partial charge is 0.573 e. The molecule has 1 aromatic heterocycles. The summed E-state index contributed by atoms with van der Waals surface area (Å²) in [7, 11) is 0. The van der Waals surface area contributed by atoms with E-state index in [4.69, 9.17) is 4.74 Å². The fraction of sp³-hybridized carbons (Fsp3) is 0.458. The minimum absolute atomic E-state index is 0.0671. The van der Waals surface area contributed by atoms with E-state index in [9.17, 15) is 27.2 Å². The quantitative estimate of drug-likeness (QED) is 0.442. The zero-order chi connectivity index (χ0) is 27.7. The fourth-order valence-corrected chi connectivity index (χ4v) is 4.13. The molecule has 1 saturated heterocycles. The van der Waals surface area contributed by atoms with Crippen molar-refractivity contribution in [3.8, 4) is 5.75 Å². The molecule has 1 aromatic carbocycles. The lowest BCUT2D eigenvalue weighted by molar-refractivity contribution is -0.274. The van der Waals surface area contributed by atoms with Gasteiger partial charge in [0.05, 0.1) is 15.7 Å². The molecule has 2 amide bonds.